The van der Waals surface area contributed by atoms with Gasteiger partial charge in [-0.3, -0.25) is 4.90 Å². The molecular formula is C18H21NOS. The Morgan fingerprint density at radius 3 is 2.62 bits per heavy atom. The normalized spacial score (nSPS) is 10.5. The van der Waals surface area contributed by atoms with Crippen LogP contribution in [0.15, 0.2) is 35.7 Å². The Hall–Kier alpha value is -1.60. The van der Waals surface area contributed by atoms with Crippen LogP contribution in [0, 0.1) is 18.8 Å². The molecule has 2 aromatic rings. The van der Waals surface area contributed by atoms with E-state index in [-0.39, 0.29) is 6.61 Å². The van der Waals surface area contributed by atoms with Gasteiger partial charge in [0.25, 0.3) is 0 Å². The molecule has 0 unspecified atom stereocenters. The number of nitrogens with zero attached hydrogens (tertiary/aromatic N) is 1. The molecule has 0 saturated carbocycles. The van der Waals surface area contributed by atoms with Gasteiger partial charge in [-0.15, -0.1) is 11.3 Å². The lowest BCUT2D eigenvalue weighted by Crippen LogP contribution is -2.17. The van der Waals surface area contributed by atoms with Crippen molar-refractivity contribution in [2.24, 2.45) is 0 Å². The molecule has 3 heteroatoms. The summed E-state index contributed by atoms with van der Waals surface area (Å²) in [6.45, 7) is 4.06. The van der Waals surface area contributed by atoms with E-state index in [1.54, 1.807) is 11.3 Å². The second kappa shape index (κ2) is 7.99. The number of aliphatic hydroxyl groups excluding tert-OH is 1. The molecular weight excluding hydrogens is 278 g/mol. The molecule has 1 N–H and O–H groups in total. The Balaban J connectivity index is 1.97. The van der Waals surface area contributed by atoms with Gasteiger partial charge in [0, 0.05) is 30.0 Å². The molecule has 0 saturated heterocycles. The highest BCUT2D eigenvalue weighted by Crippen LogP contribution is 2.18. The molecule has 0 amide bonds. The lowest BCUT2D eigenvalue weighted by atomic mass is 10.1. The third-order valence-electron chi connectivity index (χ3n) is 3.19. The first-order valence-electron chi connectivity index (χ1n) is 7.09. The second-order valence-corrected chi connectivity index (χ2v) is 6.19. The molecule has 0 aliphatic heterocycles. The number of benzene rings is 1. The summed E-state index contributed by atoms with van der Waals surface area (Å²) in [7, 11) is 2.13. The number of aliphatic hydroxyl groups is 1. The minimum absolute atomic E-state index is 0.125. The van der Waals surface area contributed by atoms with Gasteiger partial charge in [-0.1, -0.05) is 41.7 Å². The minimum atomic E-state index is 0.125. The van der Waals surface area contributed by atoms with E-state index >= 15 is 0 Å². The maximum Gasteiger partial charge on any atom is 0.0540 e. The predicted molar refractivity (Wildman–Crippen MR) is 89.2 cm³/mol. The number of hydrogen-bond donors (Lipinski definition) is 1. The van der Waals surface area contributed by atoms with Crippen LogP contribution in [-0.2, 0) is 13.1 Å². The molecule has 2 rings (SSSR count). The standard InChI is InChI=1S/C18H21NOS/c1-15-6-8-16(9-7-15)13-19(2)14-18-17(10-12-21-18)5-3-4-11-20/h6-10,12,20H,4,11,13-14H2,1-2H3. The molecule has 0 aliphatic rings. The maximum absolute atomic E-state index is 8.79. The van der Waals surface area contributed by atoms with Gasteiger partial charge in [0.1, 0.15) is 0 Å². The smallest absolute Gasteiger partial charge is 0.0540 e. The number of hydrogen-bond acceptors (Lipinski definition) is 3. The molecule has 110 valence electrons. The van der Waals surface area contributed by atoms with E-state index < -0.39 is 0 Å². The van der Waals surface area contributed by atoms with E-state index in [1.807, 2.05) is 0 Å². The molecule has 0 aliphatic carbocycles. The summed E-state index contributed by atoms with van der Waals surface area (Å²) in [6, 6.07) is 10.7. The van der Waals surface area contributed by atoms with Crippen molar-refractivity contribution in [1.29, 1.82) is 0 Å². The van der Waals surface area contributed by atoms with Gasteiger partial charge >= 0.3 is 0 Å². The monoisotopic (exact) mass is 299 g/mol. The quantitative estimate of drug-likeness (QED) is 0.855. The molecule has 0 radical (unpaired) electrons. The van der Waals surface area contributed by atoms with Gasteiger partial charge in [-0.2, -0.15) is 0 Å². The van der Waals surface area contributed by atoms with E-state index in [9.17, 15) is 0 Å². The fourth-order valence-electron chi connectivity index (χ4n) is 2.09. The molecule has 21 heavy (non-hydrogen) atoms. The van der Waals surface area contributed by atoms with E-state index in [0.717, 1.165) is 18.7 Å². The molecule has 0 fully saturated rings. The Morgan fingerprint density at radius 2 is 1.90 bits per heavy atom. The third-order valence-corrected chi connectivity index (χ3v) is 4.10. The van der Waals surface area contributed by atoms with E-state index in [2.05, 4.69) is 66.4 Å². The van der Waals surface area contributed by atoms with Crippen LogP contribution in [0.1, 0.15) is 28.0 Å². The molecule has 1 aromatic heterocycles. The lowest BCUT2D eigenvalue weighted by Gasteiger charge is -2.16. The van der Waals surface area contributed by atoms with Crippen LogP contribution >= 0.6 is 11.3 Å². The molecule has 0 bridgehead atoms. The van der Waals surface area contributed by atoms with Crippen LogP contribution in [0.3, 0.4) is 0 Å². The summed E-state index contributed by atoms with van der Waals surface area (Å²) in [5.41, 5.74) is 3.71. The zero-order valence-electron chi connectivity index (χ0n) is 12.6. The maximum atomic E-state index is 8.79. The molecule has 0 atom stereocenters. The Bertz CT molecular complexity index is 619. The predicted octanol–water partition coefficient (Wildman–Crippen LogP) is 3.42. The van der Waals surface area contributed by atoms with Crippen LogP contribution in [0.25, 0.3) is 0 Å². The van der Waals surface area contributed by atoms with Crippen molar-refractivity contribution in [1.82, 2.24) is 4.90 Å². The van der Waals surface area contributed by atoms with Crippen molar-refractivity contribution in [3.05, 3.63) is 57.3 Å². The summed E-state index contributed by atoms with van der Waals surface area (Å²) >= 11 is 1.74. The highest BCUT2D eigenvalue weighted by Gasteiger charge is 2.06. The second-order valence-electron chi connectivity index (χ2n) is 5.19. The average Bonchev–Trinajstić information content (AvgIpc) is 2.89. The summed E-state index contributed by atoms with van der Waals surface area (Å²) in [5.74, 6) is 6.14. The summed E-state index contributed by atoms with van der Waals surface area (Å²) in [6.07, 6.45) is 0.536. The minimum Gasteiger partial charge on any atom is -0.395 e. The van der Waals surface area contributed by atoms with Crippen molar-refractivity contribution in [2.75, 3.05) is 13.7 Å². The van der Waals surface area contributed by atoms with Gasteiger partial charge in [-0.05, 0) is 31.0 Å². The van der Waals surface area contributed by atoms with Crippen LogP contribution in [0.2, 0.25) is 0 Å². The van der Waals surface area contributed by atoms with Gasteiger partial charge in [0.2, 0.25) is 0 Å². The highest BCUT2D eigenvalue weighted by molar-refractivity contribution is 7.10. The van der Waals surface area contributed by atoms with E-state index in [1.165, 1.54) is 16.0 Å². The fraction of sp³-hybridized carbons (Fsp3) is 0.333. The van der Waals surface area contributed by atoms with E-state index in [0.29, 0.717) is 6.42 Å². The third kappa shape index (κ3) is 5.02. The summed E-state index contributed by atoms with van der Waals surface area (Å²) in [4.78, 5) is 3.59. The summed E-state index contributed by atoms with van der Waals surface area (Å²) in [5, 5.41) is 10.9. The molecule has 1 aromatic carbocycles. The van der Waals surface area contributed by atoms with Gasteiger partial charge < -0.3 is 5.11 Å². The Kier molecular flexibility index (Phi) is 6.01. The van der Waals surface area contributed by atoms with Gasteiger partial charge in [-0.25, -0.2) is 0 Å². The number of thiophene rings is 1. The first kappa shape index (κ1) is 15.8. The van der Waals surface area contributed by atoms with Crippen LogP contribution in [0.4, 0.5) is 0 Å². The summed E-state index contributed by atoms with van der Waals surface area (Å²) < 4.78 is 0. The SMILES string of the molecule is Cc1ccc(CN(C)Cc2sccc2C#CCCO)cc1. The van der Waals surface area contributed by atoms with Crippen LogP contribution < -0.4 is 0 Å². The first-order valence-corrected chi connectivity index (χ1v) is 7.97. The molecule has 1 heterocycles. The van der Waals surface area contributed by atoms with Crippen molar-refractivity contribution in [3.8, 4) is 11.8 Å². The van der Waals surface area contributed by atoms with Crippen LogP contribution in [0.5, 0.6) is 0 Å². The number of aryl methyl sites for hydroxylation is 1. The van der Waals surface area contributed by atoms with Crippen molar-refractivity contribution in [3.63, 3.8) is 0 Å². The van der Waals surface area contributed by atoms with Gasteiger partial charge in [0.05, 0.1) is 6.61 Å². The zero-order chi connectivity index (χ0) is 15.1. The first-order chi connectivity index (χ1) is 10.2. The highest BCUT2D eigenvalue weighted by atomic mass is 32.1. The molecule has 2 nitrogen and oxygen atoms in total. The Morgan fingerprint density at radius 1 is 1.14 bits per heavy atom. The topological polar surface area (TPSA) is 23.5 Å². The lowest BCUT2D eigenvalue weighted by molar-refractivity contribution is 0.305. The van der Waals surface area contributed by atoms with Gasteiger partial charge in [0.15, 0.2) is 0 Å². The van der Waals surface area contributed by atoms with Crippen molar-refractivity contribution < 1.29 is 5.11 Å². The fourth-order valence-corrected chi connectivity index (χ4v) is 3.00. The Labute approximate surface area is 131 Å². The average molecular weight is 299 g/mol. The van der Waals surface area contributed by atoms with Crippen molar-refractivity contribution >= 4 is 11.3 Å². The van der Waals surface area contributed by atoms with E-state index in [4.69, 9.17) is 5.11 Å². The molecule has 0 spiro atoms. The zero-order valence-corrected chi connectivity index (χ0v) is 13.4. The van der Waals surface area contributed by atoms with Crippen molar-refractivity contribution in [2.45, 2.75) is 26.4 Å². The van der Waals surface area contributed by atoms with Crippen LogP contribution in [-0.4, -0.2) is 23.7 Å². The largest absolute Gasteiger partial charge is 0.395 e. The number of rotatable bonds is 5.